The molecule has 2 N–H and O–H groups in total. The molecule has 0 aliphatic heterocycles. The molecule has 0 amide bonds. The van der Waals surface area contributed by atoms with Gasteiger partial charge < -0.3 is 10.5 Å². The number of nitrogens with two attached hydrogens (primary N) is 1. The molecule has 9 atom stereocenters. The summed E-state index contributed by atoms with van der Waals surface area (Å²) in [5, 5.41) is 0. The van der Waals surface area contributed by atoms with Crippen LogP contribution in [0.3, 0.4) is 0 Å². The quantitative estimate of drug-likeness (QED) is 0.336. The van der Waals surface area contributed by atoms with Gasteiger partial charge in [-0.15, -0.1) is 0 Å². The molecule has 4 fully saturated rings. The monoisotopic (exact) mass is 615 g/mol. The van der Waals surface area contributed by atoms with Crippen molar-refractivity contribution >= 4 is 5.97 Å². The molecule has 1 aromatic rings. The van der Waals surface area contributed by atoms with Crippen molar-refractivity contribution in [1.82, 2.24) is 0 Å². The van der Waals surface area contributed by atoms with E-state index >= 15 is 0 Å². The van der Waals surface area contributed by atoms with Gasteiger partial charge in [-0.25, -0.2) is 4.39 Å². The van der Waals surface area contributed by atoms with Gasteiger partial charge in [0.2, 0.25) is 0 Å². The maximum atomic E-state index is 14.6. The molecular weight excluding hydrogens is 557 g/mol. The lowest BCUT2D eigenvalue weighted by molar-refractivity contribution is -0.216. The molecule has 45 heavy (non-hydrogen) atoms. The predicted molar refractivity (Wildman–Crippen MR) is 180 cm³/mol. The second kappa shape index (κ2) is 10.8. The number of ether oxygens (including phenoxy) is 1. The first-order chi connectivity index (χ1) is 21.3. The number of esters is 1. The number of fused-ring (bicyclic) bond motifs is 7. The van der Waals surface area contributed by atoms with Crippen molar-refractivity contribution in [2.75, 3.05) is 6.67 Å². The SMILES string of the molecule is CC1(C)C(C2=CC[C@](CF)(C(=O)OCc3ccccc3)CC2)=CC[C@@]2(C)C1CC[C@]1(C)C2CC[C@@H]2[C@@H]3CCC[C@]3(N)CC[C@]21C. The Bertz CT molecular complexity index is 1380. The summed E-state index contributed by atoms with van der Waals surface area (Å²) in [5.41, 5.74) is 11.0. The molecule has 6 aliphatic rings. The molecule has 4 heteroatoms. The van der Waals surface area contributed by atoms with Crippen LogP contribution in [0.4, 0.5) is 4.39 Å². The molecule has 0 heterocycles. The molecule has 246 valence electrons. The Hall–Kier alpha value is -1.94. The maximum absolute atomic E-state index is 14.6. The summed E-state index contributed by atoms with van der Waals surface area (Å²) in [6.45, 7) is 12.6. The lowest BCUT2D eigenvalue weighted by atomic mass is 9.33. The highest BCUT2D eigenvalue weighted by molar-refractivity contribution is 5.78. The highest BCUT2D eigenvalue weighted by atomic mass is 19.1. The zero-order chi connectivity index (χ0) is 31.9. The number of rotatable bonds is 5. The van der Waals surface area contributed by atoms with Crippen molar-refractivity contribution in [3.8, 4) is 0 Å². The molecule has 2 unspecified atom stereocenters. The van der Waals surface area contributed by atoms with Gasteiger partial charge in [0.25, 0.3) is 0 Å². The van der Waals surface area contributed by atoms with E-state index < -0.39 is 18.1 Å². The van der Waals surface area contributed by atoms with E-state index in [2.05, 4.69) is 46.8 Å². The van der Waals surface area contributed by atoms with Gasteiger partial charge in [-0.3, -0.25) is 4.79 Å². The van der Waals surface area contributed by atoms with Gasteiger partial charge in [0.1, 0.15) is 13.3 Å². The maximum Gasteiger partial charge on any atom is 0.315 e. The van der Waals surface area contributed by atoms with Crippen LogP contribution in [0, 0.1) is 50.7 Å². The fourth-order valence-corrected chi connectivity index (χ4v) is 13.1. The van der Waals surface area contributed by atoms with Crippen molar-refractivity contribution < 1.29 is 13.9 Å². The first-order valence-electron chi connectivity index (χ1n) is 18.3. The number of carbonyl (C=O) groups excluding carboxylic acids is 1. The molecule has 0 saturated heterocycles. The number of carbonyl (C=O) groups is 1. The summed E-state index contributed by atoms with van der Waals surface area (Å²) in [4.78, 5) is 13.2. The summed E-state index contributed by atoms with van der Waals surface area (Å²) >= 11 is 0. The molecule has 4 saturated carbocycles. The zero-order valence-electron chi connectivity index (χ0n) is 28.7. The van der Waals surface area contributed by atoms with Crippen LogP contribution >= 0.6 is 0 Å². The van der Waals surface area contributed by atoms with Crippen molar-refractivity contribution in [2.45, 2.75) is 130 Å². The van der Waals surface area contributed by atoms with Crippen LogP contribution in [0.15, 0.2) is 53.6 Å². The minimum absolute atomic E-state index is 0.0475. The fourth-order valence-electron chi connectivity index (χ4n) is 13.1. The smallest absolute Gasteiger partial charge is 0.315 e. The average molecular weight is 616 g/mol. The largest absolute Gasteiger partial charge is 0.460 e. The topological polar surface area (TPSA) is 52.3 Å². The lowest BCUT2D eigenvalue weighted by Crippen LogP contribution is -2.66. The van der Waals surface area contributed by atoms with Crippen LogP contribution in [0.2, 0.25) is 0 Å². The van der Waals surface area contributed by atoms with Crippen molar-refractivity contribution in [2.24, 2.45) is 56.5 Å². The minimum Gasteiger partial charge on any atom is -0.460 e. The predicted octanol–water partition coefficient (Wildman–Crippen LogP) is 9.90. The van der Waals surface area contributed by atoms with E-state index in [0.29, 0.717) is 29.6 Å². The summed E-state index contributed by atoms with van der Waals surface area (Å²) in [7, 11) is 0. The van der Waals surface area contributed by atoms with E-state index in [-0.39, 0.29) is 23.0 Å². The van der Waals surface area contributed by atoms with E-state index in [4.69, 9.17) is 10.5 Å². The van der Waals surface area contributed by atoms with E-state index in [1.807, 2.05) is 30.3 Å². The molecule has 0 radical (unpaired) electrons. The van der Waals surface area contributed by atoms with E-state index in [0.717, 1.165) is 36.2 Å². The van der Waals surface area contributed by atoms with Crippen LogP contribution in [0.5, 0.6) is 0 Å². The first kappa shape index (κ1) is 31.6. The Morgan fingerprint density at radius 1 is 0.844 bits per heavy atom. The van der Waals surface area contributed by atoms with Gasteiger partial charge >= 0.3 is 5.97 Å². The van der Waals surface area contributed by atoms with Gasteiger partial charge in [0.05, 0.1) is 5.41 Å². The van der Waals surface area contributed by atoms with Crippen molar-refractivity contribution in [3.63, 3.8) is 0 Å². The molecule has 1 aromatic carbocycles. The molecule has 0 bridgehead atoms. The highest BCUT2D eigenvalue weighted by Gasteiger charge is 2.69. The van der Waals surface area contributed by atoms with Crippen LogP contribution in [-0.4, -0.2) is 18.2 Å². The third kappa shape index (κ3) is 4.53. The summed E-state index contributed by atoms with van der Waals surface area (Å²) in [6.07, 6.45) is 19.3. The normalized spacial score (nSPS) is 45.2. The molecule has 0 spiro atoms. The Kier molecular flexibility index (Phi) is 7.59. The Balaban J connectivity index is 1.11. The summed E-state index contributed by atoms with van der Waals surface area (Å²) < 4.78 is 20.3. The lowest BCUT2D eigenvalue weighted by Gasteiger charge is -2.72. The fraction of sp³-hybridized carbons (Fsp3) is 0.732. The second-order valence-electron chi connectivity index (χ2n) is 17.9. The first-order valence-corrected chi connectivity index (χ1v) is 18.3. The summed E-state index contributed by atoms with van der Waals surface area (Å²) in [6, 6.07) is 9.69. The van der Waals surface area contributed by atoms with Crippen molar-refractivity contribution in [1.29, 1.82) is 0 Å². The molecule has 7 rings (SSSR count). The zero-order valence-corrected chi connectivity index (χ0v) is 28.7. The third-order valence-corrected chi connectivity index (χ3v) is 15.9. The average Bonchev–Trinajstić information content (AvgIpc) is 3.42. The Morgan fingerprint density at radius 2 is 1.62 bits per heavy atom. The number of allylic oxidation sites excluding steroid dienone is 4. The Morgan fingerprint density at radius 3 is 2.33 bits per heavy atom. The van der Waals surface area contributed by atoms with Gasteiger partial charge in [-0.2, -0.15) is 0 Å². The highest BCUT2D eigenvalue weighted by Crippen LogP contribution is 2.76. The number of halogens is 1. The number of benzene rings is 1. The van der Waals surface area contributed by atoms with Gasteiger partial charge in [0.15, 0.2) is 0 Å². The van der Waals surface area contributed by atoms with Gasteiger partial charge in [0, 0.05) is 5.54 Å². The minimum atomic E-state index is -1.06. The van der Waals surface area contributed by atoms with Crippen LogP contribution < -0.4 is 5.73 Å². The number of hydrogen-bond acceptors (Lipinski definition) is 3. The van der Waals surface area contributed by atoms with Gasteiger partial charge in [-0.05, 0) is 139 Å². The van der Waals surface area contributed by atoms with E-state index in [1.54, 1.807) is 0 Å². The van der Waals surface area contributed by atoms with Crippen LogP contribution in [0.25, 0.3) is 0 Å². The molecule has 3 nitrogen and oxygen atoms in total. The molecule has 0 aromatic heterocycles. The van der Waals surface area contributed by atoms with Gasteiger partial charge in [-0.1, -0.05) is 83.5 Å². The molecule has 6 aliphatic carbocycles. The standard InChI is InChI=1S/C41H58FNO2/c1-36(2)30(29-15-22-40(27-42,23-16-29)35(44)45-26-28-10-7-6-8-11-28)17-20-37(3)33(36)18-21-39(5)34(37)14-13-31-32-12-9-19-41(32,43)25-24-38(31,39)4/h6-8,10-11,15,17,31-34H,9,12-14,16,18-27,43H2,1-5H3/t31-,32+,33?,34?,37+,38-,39-,40+,41+/m1/s1. The van der Waals surface area contributed by atoms with Crippen molar-refractivity contribution in [3.05, 3.63) is 59.2 Å². The van der Waals surface area contributed by atoms with Crippen LogP contribution in [-0.2, 0) is 16.1 Å². The third-order valence-electron chi connectivity index (χ3n) is 15.9. The molecular formula is C41H58FNO2. The van der Waals surface area contributed by atoms with E-state index in [9.17, 15) is 9.18 Å². The second-order valence-corrected chi connectivity index (χ2v) is 17.9. The number of alkyl halides is 1. The Labute approximate surface area is 272 Å². The van der Waals surface area contributed by atoms with E-state index in [1.165, 1.54) is 68.9 Å². The number of hydrogen-bond donors (Lipinski definition) is 1. The summed E-state index contributed by atoms with van der Waals surface area (Å²) in [5.74, 6) is 2.46. The van der Waals surface area contributed by atoms with Crippen LogP contribution in [0.1, 0.15) is 124 Å².